The van der Waals surface area contributed by atoms with Crippen LogP contribution in [0.2, 0.25) is 0 Å². The largest absolute Gasteiger partial charge is 0.480 e. The zero-order valence-electron chi connectivity index (χ0n) is 19.9. The van der Waals surface area contributed by atoms with Crippen LogP contribution in [0.4, 0.5) is 0 Å². The molecule has 6 N–H and O–H groups in total. The van der Waals surface area contributed by atoms with Crippen LogP contribution < -0.4 is 16.4 Å². The summed E-state index contributed by atoms with van der Waals surface area (Å²) in [7, 11) is 0. The number of hydrogen-bond acceptors (Lipinski definition) is 6. The maximum absolute atomic E-state index is 13.1. The molecule has 0 spiro atoms. The maximum atomic E-state index is 13.1. The first-order chi connectivity index (χ1) is 16.0. The predicted octanol–water partition coefficient (Wildman–Crippen LogP) is 0.0285. The molecule has 1 aliphatic rings. The molecule has 2 rings (SSSR count). The molecule has 0 saturated carbocycles. The zero-order chi connectivity index (χ0) is 25.4. The van der Waals surface area contributed by atoms with Crippen molar-refractivity contribution in [2.75, 3.05) is 6.54 Å². The van der Waals surface area contributed by atoms with E-state index in [4.69, 9.17) is 5.73 Å². The van der Waals surface area contributed by atoms with E-state index in [0.29, 0.717) is 19.3 Å². The van der Waals surface area contributed by atoms with E-state index in [9.17, 15) is 29.4 Å². The molecule has 3 amide bonds. The molecule has 1 aromatic rings. The fourth-order valence-corrected chi connectivity index (χ4v) is 4.05. The van der Waals surface area contributed by atoms with E-state index in [2.05, 4.69) is 10.6 Å². The van der Waals surface area contributed by atoms with Gasteiger partial charge in [-0.1, -0.05) is 44.2 Å². The Morgan fingerprint density at radius 2 is 1.74 bits per heavy atom. The lowest BCUT2D eigenvalue weighted by atomic mass is 10.0. The highest BCUT2D eigenvalue weighted by molar-refractivity contribution is 5.94. The average molecular weight is 477 g/mol. The molecule has 1 aromatic carbocycles. The molecule has 34 heavy (non-hydrogen) atoms. The van der Waals surface area contributed by atoms with Crippen LogP contribution in [0.1, 0.15) is 45.6 Å². The molecule has 1 fully saturated rings. The van der Waals surface area contributed by atoms with Crippen LogP contribution in [-0.2, 0) is 25.6 Å². The highest BCUT2D eigenvalue weighted by Crippen LogP contribution is 2.19. The minimum Gasteiger partial charge on any atom is -0.480 e. The Labute approximate surface area is 199 Å². The van der Waals surface area contributed by atoms with E-state index in [1.807, 2.05) is 44.2 Å². The smallest absolute Gasteiger partial charge is 0.326 e. The van der Waals surface area contributed by atoms with Gasteiger partial charge in [0.1, 0.15) is 18.1 Å². The van der Waals surface area contributed by atoms with Gasteiger partial charge in [-0.2, -0.15) is 0 Å². The molecule has 0 bridgehead atoms. The van der Waals surface area contributed by atoms with Crippen LogP contribution in [0, 0.1) is 5.92 Å². The molecule has 0 aromatic heterocycles. The SMILES string of the molecule is CC(C)CC(NC(=O)C(N)Cc1ccccc1)C(=O)NC(C(=O)N1CCCC1C(=O)O)C(C)O. The van der Waals surface area contributed by atoms with Gasteiger partial charge in [0.2, 0.25) is 17.7 Å². The number of aliphatic hydroxyl groups excluding tert-OH is 1. The maximum Gasteiger partial charge on any atom is 0.326 e. The highest BCUT2D eigenvalue weighted by Gasteiger charge is 2.40. The van der Waals surface area contributed by atoms with Gasteiger partial charge < -0.3 is 31.5 Å². The molecule has 5 unspecified atom stereocenters. The Kier molecular flexibility index (Phi) is 10.0. The van der Waals surface area contributed by atoms with Gasteiger partial charge in [-0.3, -0.25) is 14.4 Å². The van der Waals surface area contributed by atoms with Gasteiger partial charge in [-0.25, -0.2) is 4.79 Å². The van der Waals surface area contributed by atoms with Gasteiger partial charge in [0.05, 0.1) is 12.1 Å². The molecule has 5 atom stereocenters. The molecule has 0 aliphatic carbocycles. The second kappa shape index (κ2) is 12.5. The third-order valence-electron chi connectivity index (χ3n) is 5.84. The standard InChI is InChI=1S/C24H36N4O6/c1-14(2)12-18(26-21(30)17(25)13-16-8-5-4-6-9-16)22(31)27-20(15(3)29)23(32)28-11-7-10-19(28)24(33)34/h4-6,8-9,14-15,17-20,29H,7,10-13,25H2,1-3H3,(H,26,30)(H,27,31)(H,33,34). The number of amides is 3. The fraction of sp³-hybridized carbons (Fsp3) is 0.583. The molecule has 1 heterocycles. The predicted molar refractivity (Wildman–Crippen MR) is 125 cm³/mol. The first-order valence-electron chi connectivity index (χ1n) is 11.6. The topological polar surface area (TPSA) is 162 Å². The number of carboxylic acid groups (broad SMARTS) is 1. The number of carbonyl (C=O) groups excluding carboxylic acids is 3. The summed E-state index contributed by atoms with van der Waals surface area (Å²) < 4.78 is 0. The van der Waals surface area contributed by atoms with E-state index in [1.54, 1.807) is 0 Å². The van der Waals surface area contributed by atoms with Crippen molar-refractivity contribution in [2.45, 2.75) is 76.7 Å². The van der Waals surface area contributed by atoms with E-state index in [-0.39, 0.29) is 18.9 Å². The summed E-state index contributed by atoms with van der Waals surface area (Å²) in [5, 5.41) is 24.8. The summed E-state index contributed by atoms with van der Waals surface area (Å²) in [6, 6.07) is 5.08. The van der Waals surface area contributed by atoms with Crippen LogP contribution in [0.3, 0.4) is 0 Å². The van der Waals surface area contributed by atoms with Gasteiger partial charge in [0.15, 0.2) is 0 Å². The van der Waals surface area contributed by atoms with E-state index >= 15 is 0 Å². The summed E-state index contributed by atoms with van der Waals surface area (Å²) in [5.41, 5.74) is 6.94. The van der Waals surface area contributed by atoms with Gasteiger partial charge in [0, 0.05) is 6.54 Å². The van der Waals surface area contributed by atoms with Crippen molar-refractivity contribution in [2.24, 2.45) is 11.7 Å². The van der Waals surface area contributed by atoms with Crippen LogP contribution in [-0.4, -0.2) is 75.6 Å². The number of aliphatic hydroxyl groups is 1. The Bertz CT molecular complexity index is 860. The van der Waals surface area contributed by atoms with Crippen molar-refractivity contribution in [1.82, 2.24) is 15.5 Å². The molecule has 10 heteroatoms. The van der Waals surface area contributed by atoms with Crippen molar-refractivity contribution in [3.63, 3.8) is 0 Å². The average Bonchev–Trinajstić information content (AvgIpc) is 3.27. The van der Waals surface area contributed by atoms with Gasteiger partial charge in [-0.05, 0) is 44.1 Å². The highest BCUT2D eigenvalue weighted by atomic mass is 16.4. The minimum atomic E-state index is -1.34. The number of nitrogens with zero attached hydrogens (tertiary/aromatic N) is 1. The monoisotopic (exact) mass is 476 g/mol. The molecule has 1 aliphatic heterocycles. The molecular weight excluding hydrogens is 440 g/mol. The summed E-state index contributed by atoms with van der Waals surface area (Å²) in [6.45, 7) is 5.35. The normalized spacial score (nSPS) is 19.2. The van der Waals surface area contributed by atoms with E-state index in [0.717, 1.165) is 5.56 Å². The Morgan fingerprint density at radius 1 is 1.09 bits per heavy atom. The number of likely N-dealkylation sites (tertiary alicyclic amines) is 1. The molecular formula is C24H36N4O6. The van der Waals surface area contributed by atoms with Crippen molar-refractivity contribution >= 4 is 23.7 Å². The van der Waals surface area contributed by atoms with Crippen molar-refractivity contribution < 1.29 is 29.4 Å². The number of nitrogens with two attached hydrogens (primary N) is 1. The van der Waals surface area contributed by atoms with Crippen LogP contribution in [0.15, 0.2) is 30.3 Å². The Morgan fingerprint density at radius 3 is 2.29 bits per heavy atom. The third-order valence-corrected chi connectivity index (χ3v) is 5.84. The summed E-state index contributed by atoms with van der Waals surface area (Å²) in [6.07, 6.45) is 0.157. The summed E-state index contributed by atoms with van der Waals surface area (Å²) in [5.74, 6) is -2.89. The van der Waals surface area contributed by atoms with Gasteiger partial charge in [-0.15, -0.1) is 0 Å². The number of carbonyl (C=O) groups is 4. The molecule has 188 valence electrons. The second-order valence-electron chi connectivity index (χ2n) is 9.24. The first kappa shape index (κ1) is 27.3. The molecule has 0 radical (unpaired) electrons. The van der Waals surface area contributed by atoms with Crippen molar-refractivity contribution in [3.05, 3.63) is 35.9 Å². The lowest BCUT2D eigenvalue weighted by molar-refractivity contribution is -0.150. The number of nitrogens with one attached hydrogen (secondary N) is 2. The van der Waals surface area contributed by atoms with Crippen molar-refractivity contribution in [3.8, 4) is 0 Å². The second-order valence-corrected chi connectivity index (χ2v) is 9.24. The molecule has 10 nitrogen and oxygen atoms in total. The van der Waals surface area contributed by atoms with E-state index in [1.165, 1.54) is 11.8 Å². The molecule has 1 saturated heterocycles. The number of carboxylic acids is 1. The van der Waals surface area contributed by atoms with Crippen LogP contribution in [0.25, 0.3) is 0 Å². The number of rotatable bonds is 11. The lowest BCUT2D eigenvalue weighted by Gasteiger charge is -2.30. The number of benzene rings is 1. The number of hydrogen-bond donors (Lipinski definition) is 5. The Hall–Kier alpha value is -2.98. The number of aliphatic carboxylic acids is 1. The van der Waals surface area contributed by atoms with E-state index < -0.39 is 54.0 Å². The summed E-state index contributed by atoms with van der Waals surface area (Å²) >= 11 is 0. The first-order valence-corrected chi connectivity index (χ1v) is 11.6. The minimum absolute atomic E-state index is 0.0390. The van der Waals surface area contributed by atoms with Gasteiger partial charge >= 0.3 is 5.97 Å². The van der Waals surface area contributed by atoms with Crippen molar-refractivity contribution in [1.29, 1.82) is 0 Å². The van der Waals surface area contributed by atoms with Crippen LogP contribution >= 0.6 is 0 Å². The quantitative estimate of drug-likeness (QED) is 0.301. The van der Waals surface area contributed by atoms with Crippen LogP contribution in [0.5, 0.6) is 0 Å². The van der Waals surface area contributed by atoms with Gasteiger partial charge in [0.25, 0.3) is 0 Å². The fourth-order valence-electron chi connectivity index (χ4n) is 4.05. The lowest BCUT2D eigenvalue weighted by Crippen LogP contribution is -2.60. The Balaban J connectivity index is 2.10. The third kappa shape index (κ3) is 7.53. The summed E-state index contributed by atoms with van der Waals surface area (Å²) in [4.78, 5) is 51.4. The zero-order valence-corrected chi connectivity index (χ0v) is 19.9.